The smallest absolute Gasteiger partial charge is 0.194 e. The molecular formula is C22H21FN4O. The van der Waals surface area contributed by atoms with Crippen molar-refractivity contribution >= 4 is 16.8 Å². The zero-order valence-electron chi connectivity index (χ0n) is 15.8. The van der Waals surface area contributed by atoms with Crippen LogP contribution < -0.4 is 0 Å². The standard InChI is InChI=1S/C21H18N4O.CH3F/c1-3-12(4-2)20(26)16-9-18(23-11-16)21-24-17-8-14(13-5-6-13)7-15(10-22)19(17)25-21;1-2/h3-4,7-9,11,13,23H,1,5-6H2,2H3,(H,24,25);1H3/b12-4-;. The van der Waals surface area contributed by atoms with Crippen molar-refractivity contribution in [3.63, 3.8) is 0 Å². The first-order chi connectivity index (χ1) is 13.6. The molecule has 0 spiro atoms. The van der Waals surface area contributed by atoms with E-state index >= 15 is 0 Å². The molecule has 0 aliphatic heterocycles. The Morgan fingerprint density at radius 3 is 2.71 bits per heavy atom. The Hall–Kier alpha value is -3.46. The molecule has 0 saturated heterocycles. The maximum absolute atomic E-state index is 12.4. The first kappa shape index (κ1) is 19.3. The van der Waals surface area contributed by atoms with Gasteiger partial charge in [-0.3, -0.25) is 9.18 Å². The summed E-state index contributed by atoms with van der Waals surface area (Å²) in [5.74, 6) is 1.09. The number of hydrogen-bond acceptors (Lipinski definition) is 3. The molecule has 0 amide bonds. The van der Waals surface area contributed by atoms with Crippen LogP contribution in [-0.2, 0) is 0 Å². The van der Waals surface area contributed by atoms with E-state index in [2.05, 4.69) is 33.7 Å². The molecule has 5 nitrogen and oxygen atoms in total. The van der Waals surface area contributed by atoms with E-state index in [1.807, 2.05) is 13.0 Å². The van der Waals surface area contributed by atoms with Gasteiger partial charge >= 0.3 is 0 Å². The minimum absolute atomic E-state index is 0.0881. The fourth-order valence-corrected chi connectivity index (χ4v) is 3.18. The summed E-state index contributed by atoms with van der Waals surface area (Å²) in [4.78, 5) is 23.4. The van der Waals surface area contributed by atoms with E-state index in [1.54, 1.807) is 24.4 Å². The van der Waals surface area contributed by atoms with E-state index in [0.29, 0.717) is 46.8 Å². The number of benzene rings is 1. The van der Waals surface area contributed by atoms with Gasteiger partial charge in [0.2, 0.25) is 0 Å². The molecule has 2 heterocycles. The number of nitrogens with one attached hydrogen (secondary N) is 2. The Kier molecular flexibility index (Phi) is 5.55. The second kappa shape index (κ2) is 8.05. The molecule has 1 aliphatic rings. The molecule has 1 aliphatic carbocycles. The van der Waals surface area contributed by atoms with E-state index in [4.69, 9.17) is 0 Å². The lowest BCUT2D eigenvalue weighted by Gasteiger charge is -1.99. The van der Waals surface area contributed by atoms with Crippen LogP contribution in [0.1, 0.15) is 47.2 Å². The summed E-state index contributed by atoms with van der Waals surface area (Å²) in [6, 6.07) is 8.03. The van der Waals surface area contributed by atoms with E-state index in [1.165, 1.54) is 18.4 Å². The third-order valence-corrected chi connectivity index (χ3v) is 4.77. The number of alkyl halides is 1. The Morgan fingerprint density at radius 2 is 2.11 bits per heavy atom. The average Bonchev–Trinajstić information content (AvgIpc) is 3.30. The number of nitriles is 1. The quantitative estimate of drug-likeness (QED) is 0.364. The molecular weight excluding hydrogens is 355 g/mol. The summed E-state index contributed by atoms with van der Waals surface area (Å²) in [5.41, 5.74) is 5.10. The van der Waals surface area contributed by atoms with Gasteiger partial charge in [0, 0.05) is 17.3 Å². The van der Waals surface area contributed by atoms with Gasteiger partial charge in [-0.05, 0) is 49.4 Å². The van der Waals surface area contributed by atoms with E-state index in [9.17, 15) is 14.4 Å². The molecule has 0 unspecified atom stereocenters. The Labute approximate surface area is 162 Å². The number of nitrogens with zero attached hydrogens (tertiary/aromatic N) is 2. The highest BCUT2D eigenvalue weighted by atomic mass is 19.1. The Bertz CT molecular complexity index is 1110. The topological polar surface area (TPSA) is 85.3 Å². The molecule has 142 valence electrons. The van der Waals surface area contributed by atoms with Gasteiger partial charge in [0.25, 0.3) is 0 Å². The van der Waals surface area contributed by atoms with Crippen LogP contribution in [-0.4, -0.2) is 27.9 Å². The van der Waals surface area contributed by atoms with Crippen molar-refractivity contribution in [2.45, 2.75) is 25.7 Å². The summed E-state index contributed by atoms with van der Waals surface area (Å²) in [7, 11) is 0.500. The fraction of sp³-hybridized carbons (Fsp3) is 0.227. The summed E-state index contributed by atoms with van der Waals surface area (Å²) < 4.78 is 9.50. The number of Topliss-reactive ketones (excluding diaryl/α,β-unsaturated/α-hetero) is 1. The van der Waals surface area contributed by atoms with Gasteiger partial charge in [-0.15, -0.1) is 0 Å². The number of carbonyl (C=O) groups is 1. The first-order valence-electron chi connectivity index (χ1n) is 8.98. The van der Waals surface area contributed by atoms with Gasteiger partial charge in [0.05, 0.1) is 24.0 Å². The minimum atomic E-state index is -0.0881. The molecule has 6 heteroatoms. The Morgan fingerprint density at radius 1 is 1.36 bits per heavy atom. The third kappa shape index (κ3) is 3.52. The molecule has 28 heavy (non-hydrogen) atoms. The van der Waals surface area contributed by atoms with Crippen LogP contribution in [0.25, 0.3) is 22.6 Å². The lowest BCUT2D eigenvalue weighted by atomic mass is 10.1. The molecule has 1 fully saturated rings. The normalized spacial score (nSPS) is 13.6. The monoisotopic (exact) mass is 376 g/mol. The second-order valence-electron chi connectivity index (χ2n) is 6.52. The van der Waals surface area contributed by atoms with Crippen LogP contribution in [0.5, 0.6) is 0 Å². The molecule has 0 radical (unpaired) electrons. The van der Waals surface area contributed by atoms with Crippen LogP contribution in [0.15, 0.2) is 48.7 Å². The highest BCUT2D eigenvalue weighted by molar-refractivity contribution is 6.10. The summed E-state index contributed by atoms with van der Waals surface area (Å²) in [6.45, 7) is 5.48. The van der Waals surface area contributed by atoms with Crippen molar-refractivity contribution in [3.05, 3.63) is 65.4 Å². The number of halogens is 1. The van der Waals surface area contributed by atoms with Crippen molar-refractivity contribution in [1.82, 2.24) is 15.0 Å². The molecule has 3 aromatic rings. The molecule has 2 N–H and O–H groups in total. The molecule has 1 saturated carbocycles. The first-order valence-corrected chi connectivity index (χ1v) is 8.98. The average molecular weight is 376 g/mol. The number of H-pyrrole nitrogens is 2. The molecule has 0 atom stereocenters. The van der Waals surface area contributed by atoms with Crippen molar-refractivity contribution < 1.29 is 9.18 Å². The summed E-state index contributed by atoms with van der Waals surface area (Å²) in [5, 5.41) is 9.46. The van der Waals surface area contributed by atoms with Gasteiger partial charge < -0.3 is 9.97 Å². The number of rotatable bonds is 5. The minimum Gasteiger partial charge on any atom is -0.358 e. The number of fused-ring (bicyclic) bond motifs is 1. The van der Waals surface area contributed by atoms with Crippen LogP contribution in [0, 0.1) is 11.3 Å². The van der Waals surface area contributed by atoms with Crippen molar-refractivity contribution in [1.29, 1.82) is 5.26 Å². The number of hydrogen-bond donors (Lipinski definition) is 2. The van der Waals surface area contributed by atoms with Crippen LogP contribution in [0.3, 0.4) is 0 Å². The van der Waals surface area contributed by atoms with Crippen molar-refractivity contribution in [2.75, 3.05) is 7.18 Å². The number of allylic oxidation sites excluding steroid dienone is 3. The van der Waals surface area contributed by atoms with Gasteiger partial charge in [0.15, 0.2) is 11.6 Å². The van der Waals surface area contributed by atoms with Crippen LogP contribution in [0.2, 0.25) is 0 Å². The zero-order chi connectivity index (χ0) is 20.3. The van der Waals surface area contributed by atoms with Crippen LogP contribution in [0.4, 0.5) is 4.39 Å². The molecule has 0 bridgehead atoms. The largest absolute Gasteiger partial charge is 0.358 e. The van der Waals surface area contributed by atoms with Crippen LogP contribution >= 0.6 is 0 Å². The SMILES string of the molecule is C=C/C(=C/C)C(=O)c1c[nH]c(-c2nc3c(C#N)cc(C4CC4)cc3[nH]2)c1.CF. The lowest BCUT2D eigenvalue weighted by molar-refractivity contribution is 0.103. The molecule has 1 aromatic carbocycles. The highest BCUT2D eigenvalue weighted by Gasteiger charge is 2.25. The summed E-state index contributed by atoms with van der Waals surface area (Å²) in [6.07, 6.45) is 7.31. The maximum Gasteiger partial charge on any atom is 0.194 e. The number of carbonyl (C=O) groups excluding carboxylic acids is 1. The van der Waals surface area contributed by atoms with E-state index in [-0.39, 0.29) is 5.78 Å². The number of aromatic nitrogens is 3. The molecule has 4 rings (SSSR count). The third-order valence-electron chi connectivity index (χ3n) is 4.77. The van der Waals surface area contributed by atoms with E-state index < -0.39 is 0 Å². The number of ketones is 1. The van der Waals surface area contributed by atoms with Gasteiger partial charge in [-0.1, -0.05) is 18.7 Å². The second-order valence-corrected chi connectivity index (χ2v) is 6.52. The maximum atomic E-state index is 12.4. The number of aromatic amines is 2. The van der Waals surface area contributed by atoms with Crippen molar-refractivity contribution in [3.8, 4) is 17.6 Å². The van der Waals surface area contributed by atoms with E-state index in [0.717, 1.165) is 5.52 Å². The molecule has 2 aromatic heterocycles. The fourth-order valence-electron chi connectivity index (χ4n) is 3.18. The zero-order valence-corrected chi connectivity index (χ0v) is 15.8. The number of imidazole rings is 1. The lowest BCUT2D eigenvalue weighted by Crippen LogP contribution is -1.98. The summed E-state index contributed by atoms with van der Waals surface area (Å²) >= 11 is 0. The van der Waals surface area contributed by atoms with Gasteiger partial charge in [-0.2, -0.15) is 5.26 Å². The van der Waals surface area contributed by atoms with Gasteiger partial charge in [-0.25, -0.2) is 4.98 Å². The predicted molar refractivity (Wildman–Crippen MR) is 108 cm³/mol. The highest BCUT2D eigenvalue weighted by Crippen LogP contribution is 2.41. The van der Waals surface area contributed by atoms with Gasteiger partial charge in [0.1, 0.15) is 11.6 Å². The predicted octanol–water partition coefficient (Wildman–Crippen LogP) is 5.21. The Balaban J connectivity index is 0.00000109. The van der Waals surface area contributed by atoms with Crippen molar-refractivity contribution in [2.24, 2.45) is 0 Å².